The molecule has 2 N–H and O–H groups in total. The van der Waals surface area contributed by atoms with Gasteiger partial charge in [-0.1, -0.05) is 19.9 Å². The van der Waals surface area contributed by atoms with Crippen LogP contribution < -0.4 is 9.88 Å². The summed E-state index contributed by atoms with van der Waals surface area (Å²) in [4.78, 5) is 0.0366. The molecule has 4 atom stereocenters. The zero-order chi connectivity index (χ0) is 18.9. The van der Waals surface area contributed by atoms with Gasteiger partial charge in [-0.2, -0.15) is 0 Å². The van der Waals surface area contributed by atoms with E-state index in [1.165, 1.54) is 25.7 Å². The molecule has 5 rings (SSSR count). The zero-order valence-electron chi connectivity index (χ0n) is 15.7. The summed E-state index contributed by atoms with van der Waals surface area (Å²) in [6.07, 6.45) is 2.89. The van der Waals surface area contributed by atoms with Gasteiger partial charge in [0.25, 0.3) is 0 Å². The molecule has 0 radical (unpaired) electrons. The number of methoxy groups -OCH3 is 1. The Labute approximate surface area is 155 Å². The van der Waals surface area contributed by atoms with E-state index in [1.807, 2.05) is 0 Å². The van der Waals surface area contributed by atoms with Crippen molar-refractivity contribution in [2.45, 2.75) is 56.5 Å². The van der Waals surface area contributed by atoms with Crippen molar-refractivity contribution in [2.75, 3.05) is 7.11 Å². The van der Waals surface area contributed by atoms with E-state index < -0.39 is 10.0 Å². The van der Waals surface area contributed by atoms with Crippen molar-refractivity contribution in [1.82, 2.24) is 0 Å². The topological polar surface area (TPSA) is 87.9 Å². The van der Waals surface area contributed by atoms with Crippen molar-refractivity contribution in [1.29, 1.82) is 0 Å². The van der Waals surface area contributed by atoms with E-state index in [0.29, 0.717) is 29.3 Å². The lowest BCUT2D eigenvalue weighted by Crippen LogP contribution is -2.65. The maximum Gasteiger partial charge on any atom is 0.462 e. The van der Waals surface area contributed by atoms with Crippen LogP contribution in [0, 0.1) is 17.3 Å². The second kappa shape index (κ2) is 5.71. The van der Waals surface area contributed by atoms with Crippen molar-refractivity contribution < 1.29 is 22.5 Å². The maximum absolute atomic E-state index is 11.5. The van der Waals surface area contributed by atoms with E-state index >= 15 is 0 Å². The lowest BCUT2D eigenvalue weighted by Gasteiger charge is -2.64. The smallest absolute Gasteiger partial charge is 0.462 e. The Bertz CT molecular complexity index is 842. The van der Waals surface area contributed by atoms with E-state index in [9.17, 15) is 8.42 Å². The molecule has 1 aliphatic heterocycles. The average molecular weight is 379 g/mol. The molecule has 0 spiro atoms. The standard InChI is InChI=1S/C18H26BNO5S/c1-17(2)12-7-15(17)18(3)16(8-12)24-19(25-18)10-11-5-6-13(26(20,21)22)9-14(11)23-4/h5-6,9,12,15-16H,7-8,10H2,1-4H3,(H2,20,21,22)/t12-,15-,16+,18-/m0/s1. The Morgan fingerprint density at radius 1 is 1.31 bits per heavy atom. The summed E-state index contributed by atoms with van der Waals surface area (Å²) in [5.41, 5.74) is 0.897. The van der Waals surface area contributed by atoms with E-state index in [0.717, 1.165) is 12.0 Å². The van der Waals surface area contributed by atoms with Crippen molar-refractivity contribution in [3.8, 4) is 5.75 Å². The fourth-order valence-corrected chi connectivity index (χ4v) is 5.82. The molecule has 1 aromatic rings. The highest BCUT2D eigenvalue weighted by Crippen LogP contribution is 2.65. The fraction of sp³-hybridized carbons (Fsp3) is 0.667. The van der Waals surface area contributed by atoms with Crippen LogP contribution in [0.5, 0.6) is 5.75 Å². The van der Waals surface area contributed by atoms with Gasteiger partial charge in [0.2, 0.25) is 10.0 Å². The third-order valence-corrected chi connectivity index (χ3v) is 7.89. The first kappa shape index (κ1) is 18.3. The molecule has 26 heavy (non-hydrogen) atoms. The monoisotopic (exact) mass is 379 g/mol. The van der Waals surface area contributed by atoms with Crippen LogP contribution in [0.25, 0.3) is 0 Å². The summed E-state index contributed by atoms with van der Waals surface area (Å²) in [5, 5.41) is 5.20. The number of rotatable bonds is 4. The maximum atomic E-state index is 11.5. The number of ether oxygens (including phenoxy) is 1. The number of hydrogen-bond acceptors (Lipinski definition) is 5. The minimum absolute atomic E-state index is 0.0366. The molecule has 4 aliphatic rings. The quantitative estimate of drug-likeness (QED) is 0.810. The first-order chi connectivity index (χ1) is 12.1. The number of primary sulfonamides is 1. The Kier molecular flexibility index (Phi) is 4.01. The molecule has 8 heteroatoms. The van der Waals surface area contributed by atoms with Crippen molar-refractivity contribution in [3.05, 3.63) is 23.8 Å². The molecular formula is C18H26BNO5S. The van der Waals surface area contributed by atoms with Gasteiger partial charge in [-0.15, -0.1) is 0 Å². The lowest BCUT2D eigenvalue weighted by atomic mass is 9.43. The van der Waals surface area contributed by atoms with Crippen LogP contribution in [0.15, 0.2) is 23.1 Å². The summed E-state index contributed by atoms with van der Waals surface area (Å²) >= 11 is 0. The van der Waals surface area contributed by atoms with Crippen LogP contribution in [0.3, 0.4) is 0 Å². The Balaban J connectivity index is 1.55. The van der Waals surface area contributed by atoms with Crippen LogP contribution in [0.2, 0.25) is 0 Å². The first-order valence-electron chi connectivity index (χ1n) is 9.08. The summed E-state index contributed by atoms with van der Waals surface area (Å²) in [6, 6.07) is 4.67. The van der Waals surface area contributed by atoms with Gasteiger partial charge in [0.05, 0.1) is 23.7 Å². The molecule has 0 unspecified atom stereocenters. The second-order valence-corrected chi connectivity index (χ2v) is 10.2. The molecule has 6 nitrogen and oxygen atoms in total. The second-order valence-electron chi connectivity index (χ2n) is 8.62. The Hall–Kier alpha value is -1.09. The van der Waals surface area contributed by atoms with Gasteiger partial charge in [-0.3, -0.25) is 0 Å². The zero-order valence-corrected chi connectivity index (χ0v) is 16.5. The van der Waals surface area contributed by atoms with Crippen molar-refractivity contribution >= 4 is 17.1 Å². The van der Waals surface area contributed by atoms with Gasteiger partial charge in [-0.25, -0.2) is 13.6 Å². The van der Waals surface area contributed by atoms with E-state index in [4.69, 9.17) is 19.2 Å². The highest BCUT2D eigenvalue weighted by atomic mass is 32.2. The fourth-order valence-electron chi connectivity index (χ4n) is 5.29. The van der Waals surface area contributed by atoms with Gasteiger partial charge in [0, 0.05) is 12.4 Å². The van der Waals surface area contributed by atoms with Gasteiger partial charge < -0.3 is 14.0 Å². The van der Waals surface area contributed by atoms with E-state index in [-0.39, 0.29) is 23.7 Å². The summed E-state index contributed by atoms with van der Waals surface area (Å²) in [7, 11) is -2.60. The molecule has 2 bridgehead atoms. The van der Waals surface area contributed by atoms with Crippen LogP contribution in [0.4, 0.5) is 0 Å². The highest BCUT2D eigenvalue weighted by Gasteiger charge is 2.67. The minimum atomic E-state index is -3.76. The number of sulfonamides is 1. The summed E-state index contributed by atoms with van der Waals surface area (Å²) in [6.45, 7) is 6.85. The summed E-state index contributed by atoms with van der Waals surface area (Å²) < 4.78 is 41.1. The number of nitrogens with two attached hydrogens (primary N) is 1. The largest absolute Gasteiger partial charge is 0.496 e. The molecule has 0 aromatic heterocycles. The number of benzene rings is 1. The molecule has 1 heterocycles. The van der Waals surface area contributed by atoms with Crippen LogP contribution in [-0.2, 0) is 25.7 Å². The first-order valence-corrected chi connectivity index (χ1v) is 10.6. The third kappa shape index (κ3) is 2.61. The predicted octanol–water partition coefficient (Wildman–Crippen LogP) is 2.15. The highest BCUT2D eigenvalue weighted by molar-refractivity contribution is 7.89. The van der Waals surface area contributed by atoms with Crippen molar-refractivity contribution in [2.24, 2.45) is 22.4 Å². The Morgan fingerprint density at radius 3 is 2.65 bits per heavy atom. The average Bonchev–Trinajstić information content (AvgIpc) is 2.89. The van der Waals surface area contributed by atoms with Gasteiger partial charge in [0.15, 0.2) is 0 Å². The van der Waals surface area contributed by atoms with Crippen LogP contribution in [-0.4, -0.2) is 34.4 Å². The van der Waals surface area contributed by atoms with Crippen molar-refractivity contribution in [3.63, 3.8) is 0 Å². The van der Waals surface area contributed by atoms with E-state index in [1.54, 1.807) is 6.07 Å². The lowest BCUT2D eigenvalue weighted by molar-refractivity contribution is -0.199. The number of hydrogen-bond donors (Lipinski definition) is 1. The van der Waals surface area contributed by atoms with Gasteiger partial charge in [-0.05, 0) is 48.6 Å². The molecule has 1 aromatic carbocycles. The molecule has 1 saturated heterocycles. The minimum Gasteiger partial charge on any atom is -0.496 e. The van der Waals surface area contributed by atoms with Gasteiger partial charge >= 0.3 is 7.12 Å². The third-order valence-electron chi connectivity index (χ3n) is 6.98. The molecule has 4 fully saturated rings. The van der Waals surface area contributed by atoms with E-state index in [2.05, 4.69) is 20.8 Å². The Morgan fingerprint density at radius 2 is 2.04 bits per heavy atom. The molecular weight excluding hydrogens is 353 g/mol. The molecule has 3 aliphatic carbocycles. The van der Waals surface area contributed by atoms with Crippen LogP contribution >= 0.6 is 0 Å². The summed E-state index contributed by atoms with van der Waals surface area (Å²) in [5.74, 6) is 1.69. The SMILES string of the molecule is COc1cc(S(N)(=O)=O)ccc1CB1O[C@@H]2C[C@@H]3C[C@@H](C3(C)C)[C@]2(C)O1. The molecule has 3 saturated carbocycles. The predicted molar refractivity (Wildman–Crippen MR) is 98.2 cm³/mol. The van der Waals surface area contributed by atoms with Crippen LogP contribution in [0.1, 0.15) is 39.2 Å². The normalized spacial score (nSPS) is 35.0. The molecule has 142 valence electrons. The molecule has 0 amide bonds. The van der Waals surface area contributed by atoms with Gasteiger partial charge in [0.1, 0.15) is 5.75 Å².